The fraction of sp³-hybridized carbons (Fsp3) is 0.333. The second-order valence-electron chi connectivity index (χ2n) is 2.86. The first-order chi connectivity index (χ1) is 8.13. The van der Waals surface area contributed by atoms with E-state index in [2.05, 4.69) is 19.5 Å². The smallest absolute Gasteiger partial charge is 0.380 e. The zero-order valence-corrected chi connectivity index (χ0v) is 9.06. The first kappa shape index (κ1) is 12.7. The van der Waals surface area contributed by atoms with Gasteiger partial charge in [-0.25, -0.2) is 9.78 Å². The van der Waals surface area contributed by atoms with Crippen molar-refractivity contribution < 1.29 is 24.0 Å². The van der Waals surface area contributed by atoms with Gasteiger partial charge in [-0.05, 0) is 6.92 Å². The Morgan fingerprint density at radius 1 is 1.47 bits per heavy atom. The van der Waals surface area contributed by atoms with Crippen molar-refractivity contribution >= 4 is 17.8 Å². The van der Waals surface area contributed by atoms with E-state index in [1.165, 1.54) is 12.5 Å². The largest absolute Gasteiger partial charge is 0.466 e. The van der Waals surface area contributed by atoms with Crippen LogP contribution >= 0.6 is 0 Å². The summed E-state index contributed by atoms with van der Waals surface area (Å²) in [6.45, 7) is 1.80. The number of carbonyl (C=O) groups is 3. The normalized spacial score (nSPS) is 9.47. The molecular formula is C9H11N3O5. The standard InChI is InChI=1S/C9H11N3O5/c1-2-16-8(14)3-7(13)12-17-9(15)6-4-10-5-11-6/h4-5H,2-3H2,1H3,(H,10,11)(H,12,13). The van der Waals surface area contributed by atoms with Crippen molar-refractivity contribution in [3.8, 4) is 0 Å². The number of ether oxygens (including phenoxy) is 1. The highest BCUT2D eigenvalue weighted by molar-refractivity contribution is 5.95. The molecule has 17 heavy (non-hydrogen) atoms. The summed E-state index contributed by atoms with van der Waals surface area (Å²) in [5.74, 6) is -2.27. The average molecular weight is 241 g/mol. The molecule has 0 atom stereocenters. The van der Waals surface area contributed by atoms with Gasteiger partial charge in [0.1, 0.15) is 12.1 Å². The number of nitrogens with one attached hydrogen (secondary N) is 2. The minimum Gasteiger partial charge on any atom is -0.466 e. The number of aromatic nitrogens is 2. The van der Waals surface area contributed by atoms with Gasteiger partial charge in [-0.2, -0.15) is 5.48 Å². The fourth-order valence-electron chi connectivity index (χ4n) is 0.905. The molecule has 0 radical (unpaired) electrons. The summed E-state index contributed by atoms with van der Waals surface area (Å²) in [6, 6.07) is 0. The Balaban J connectivity index is 2.29. The third-order valence-electron chi connectivity index (χ3n) is 1.59. The number of hydrogen-bond acceptors (Lipinski definition) is 6. The summed E-state index contributed by atoms with van der Waals surface area (Å²) in [7, 11) is 0. The van der Waals surface area contributed by atoms with Crippen LogP contribution < -0.4 is 5.48 Å². The first-order valence-electron chi connectivity index (χ1n) is 4.77. The van der Waals surface area contributed by atoms with Crippen LogP contribution in [0.25, 0.3) is 0 Å². The van der Waals surface area contributed by atoms with Crippen molar-refractivity contribution in [1.82, 2.24) is 15.4 Å². The number of imidazole rings is 1. The number of hydroxylamine groups is 1. The Morgan fingerprint density at radius 2 is 2.24 bits per heavy atom. The maximum atomic E-state index is 11.2. The number of H-pyrrole nitrogens is 1. The van der Waals surface area contributed by atoms with Crippen LogP contribution in [0.1, 0.15) is 23.8 Å². The molecule has 0 spiro atoms. The summed E-state index contributed by atoms with van der Waals surface area (Å²) in [5, 5.41) is 0. The minimum absolute atomic E-state index is 0.0847. The van der Waals surface area contributed by atoms with E-state index < -0.39 is 24.3 Å². The van der Waals surface area contributed by atoms with Gasteiger partial charge in [0.05, 0.1) is 19.1 Å². The molecule has 1 aromatic heterocycles. The lowest BCUT2D eigenvalue weighted by Crippen LogP contribution is -2.29. The number of nitrogens with zero attached hydrogens (tertiary/aromatic N) is 1. The Morgan fingerprint density at radius 3 is 2.82 bits per heavy atom. The molecule has 92 valence electrons. The number of hydrogen-bond donors (Lipinski definition) is 2. The second kappa shape index (κ2) is 6.26. The lowest BCUT2D eigenvalue weighted by molar-refractivity contribution is -0.148. The molecule has 2 N–H and O–H groups in total. The van der Waals surface area contributed by atoms with Crippen molar-refractivity contribution in [3.63, 3.8) is 0 Å². The number of carbonyl (C=O) groups excluding carboxylic acids is 3. The van der Waals surface area contributed by atoms with Crippen LogP contribution in [-0.2, 0) is 19.2 Å². The van der Waals surface area contributed by atoms with Gasteiger partial charge in [-0.3, -0.25) is 9.59 Å². The van der Waals surface area contributed by atoms with Gasteiger partial charge in [-0.1, -0.05) is 0 Å². The summed E-state index contributed by atoms with van der Waals surface area (Å²) in [4.78, 5) is 43.7. The van der Waals surface area contributed by atoms with Crippen molar-refractivity contribution in [2.75, 3.05) is 6.61 Å². The molecule has 8 nitrogen and oxygen atoms in total. The number of amides is 1. The molecule has 0 fully saturated rings. The van der Waals surface area contributed by atoms with Crippen molar-refractivity contribution in [1.29, 1.82) is 0 Å². The predicted molar refractivity (Wildman–Crippen MR) is 53.4 cm³/mol. The zero-order valence-electron chi connectivity index (χ0n) is 9.06. The minimum atomic E-state index is -0.806. The lowest BCUT2D eigenvalue weighted by atomic mass is 10.4. The van der Waals surface area contributed by atoms with E-state index in [0.717, 1.165) is 0 Å². The van der Waals surface area contributed by atoms with Crippen molar-refractivity contribution in [2.45, 2.75) is 13.3 Å². The summed E-state index contributed by atoms with van der Waals surface area (Å²) in [5.41, 5.74) is 1.91. The average Bonchev–Trinajstić information content (AvgIpc) is 2.79. The first-order valence-corrected chi connectivity index (χ1v) is 4.77. The zero-order chi connectivity index (χ0) is 12.7. The highest BCUT2D eigenvalue weighted by Gasteiger charge is 2.14. The summed E-state index contributed by atoms with van der Waals surface area (Å²) in [6.07, 6.45) is 2.01. The molecule has 1 amide bonds. The highest BCUT2D eigenvalue weighted by atomic mass is 16.7. The number of aromatic amines is 1. The quantitative estimate of drug-likeness (QED) is 0.419. The maximum absolute atomic E-state index is 11.2. The Bertz CT molecular complexity index is 401. The van der Waals surface area contributed by atoms with Gasteiger partial charge < -0.3 is 14.6 Å². The summed E-state index contributed by atoms with van der Waals surface area (Å²) >= 11 is 0. The van der Waals surface area contributed by atoms with E-state index in [4.69, 9.17) is 0 Å². The highest BCUT2D eigenvalue weighted by Crippen LogP contribution is 1.93. The Hall–Kier alpha value is -2.38. The molecular weight excluding hydrogens is 230 g/mol. The molecule has 0 aliphatic carbocycles. The van der Waals surface area contributed by atoms with Crippen LogP contribution in [0.15, 0.2) is 12.5 Å². The van der Waals surface area contributed by atoms with Crippen LogP contribution in [0.3, 0.4) is 0 Å². The molecule has 0 bridgehead atoms. The van der Waals surface area contributed by atoms with Gasteiger partial charge in [0.2, 0.25) is 0 Å². The predicted octanol–water partition coefficient (Wildman–Crippen LogP) is -0.449. The van der Waals surface area contributed by atoms with Crippen molar-refractivity contribution in [3.05, 3.63) is 18.2 Å². The molecule has 1 heterocycles. The molecule has 0 saturated carbocycles. The summed E-state index contributed by atoms with van der Waals surface area (Å²) < 4.78 is 4.54. The third-order valence-corrected chi connectivity index (χ3v) is 1.59. The topological polar surface area (TPSA) is 110 Å². The Kier molecular flexibility index (Phi) is 4.67. The molecule has 0 saturated heterocycles. The molecule has 8 heteroatoms. The van der Waals surface area contributed by atoms with Gasteiger partial charge in [0.25, 0.3) is 5.91 Å². The van der Waals surface area contributed by atoms with Gasteiger partial charge in [-0.15, -0.1) is 0 Å². The van der Waals surface area contributed by atoms with E-state index in [1.807, 2.05) is 5.48 Å². The molecule has 0 aliphatic heterocycles. The monoisotopic (exact) mass is 241 g/mol. The fourth-order valence-corrected chi connectivity index (χ4v) is 0.905. The molecule has 1 aromatic rings. The number of esters is 1. The molecule has 0 aromatic carbocycles. The van der Waals surface area contributed by atoms with Crippen LogP contribution in [0, 0.1) is 0 Å². The lowest BCUT2D eigenvalue weighted by Gasteiger charge is -2.04. The van der Waals surface area contributed by atoms with E-state index >= 15 is 0 Å². The molecule has 0 unspecified atom stereocenters. The number of rotatable bonds is 4. The van der Waals surface area contributed by atoms with Crippen LogP contribution in [0.2, 0.25) is 0 Å². The maximum Gasteiger partial charge on any atom is 0.380 e. The van der Waals surface area contributed by atoms with Gasteiger partial charge in [0, 0.05) is 0 Å². The molecule has 0 aliphatic rings. The van der Waals surface area contributed by atoms with Crippen LogP contribution in [0.5, 0.6) is 0 Å². The molecule has 1 rings (SSSR count). The van der Waals surface area contributed by atoms with Crippen LogP contribution in [-0.4, -0.2) is 34.4 Å². The SMILES string of the molecule is CCOC(=O)CC(=O)NOC(=O)c1cnc[nH]1. The van der Waals surface area contributed by atoms with E-state index in [-0.39, 0.29) is 12.3 Å². The third kappa shape index (κ3) is 4.33. The van der Waals surface area contributed by atoms with Gasteiger partial charge in [0.15, 0.2) is 0 Å². The van der Waals surface area contributed by atoms with Crippen molar-refractivity contribution in [2.24, 2.45) is 0 Å². The Labute approximate surface area is 96.3 Å². The van der Waals surface area contributed by atoms with E-state index in [9.17, 15) is 14.4 Å². The second-order valence-corrected chi connectivity index (χ2v) is 2.86. The van der Waals surface area contributed by atoms with E-state index in [0.29, 0.717) is 0 Å². The van der Waals surface area contributed by atoms with Gasteiger partial charge >= 0.3 is 11.9 Å². The van der Waals surface area contributed by atoms with Crippen LogP contribution in [0.4, 0.5) is 0 Å². The van der Waals surface area contributed by atoms with E-state index in [1.54, 1.807) is 6.92 Å².